The lowest BCUT2D eigenvalue weighted by Gasteiger charge is -2.05. The summed E-state index contributed by atoms with van der Waals surface area (Å²) in [6.45, 7) is 1.38. The summed E-state index contributed by atoms with van der Waals surface area (Å²) in [5.41, 5.74) is 5.10. The number of halogens is 1. The molecule has 0 heterocycles. The van der Waals surface area contributed by atoms with Gasteiger partial charge >= 0.3 is 5.97 Å². The fourth-order valence-electron chi connectivity index (χ4n) is 0.533. The summed E-state index contributed by atoms with van der Waals surface area (Å²) in [7, 11) is 0. The van der Waals surface area contributed by atoms with Crippen LogP contribution in [0.4, 0.5) is 4.39 Å². The van der Waals surface area contributed by atoms with Gasteiger partial charge < -0.3 is 10.8 Å². The molecule has 0 aromatic carbocycles. The normalized spacial score (nSPS) is 16.3. The van der Waals surface area contributed by atoms with Crippen molar-refractivity contribution in [2.75, 3.05) is 0 Å². The number of carboxylic acids is 1. The van der Waals surface area contributed by atoms with Gasteiger partial charge in [-0.15, -0.1) is 0 Å². The summed E-state index contributed by atoms with van der Waals surface area (Å²) in [6, 6.07) is -0.918. The lowest BCUT2D eigenvalue weighted by Crippen LogP contribution is -2.30. The van der Waals surface area contributed by atoms with Crippen molar-refractivity contribution >= 4 is 5.97 Å². The topological polar surface area (TPSA) is 63.3 Å². The zero-order chi connectivity index (χ0) is 8.15. The number of carboxylic acid groups (broad SMARTS) is 1. The molecule has 60 valence electrons. The zero-order valence-corrected chi connectivity index (χ0v) is 5.88. The van der Waals surface area contributed by atoms with Crippen molar-refractivity contribution in [2.45, 2.75) is 32.0 Å². The Hall–Kier alpha value is -0.640. The molecule has 0 aliphatic carbocycles. The molecule has 0 amide bonds. The van der Waals surface area contributed by atoms with E-state index in [1.807, 2.05) is 0 Å². The first-order valence-corrected chi connectivity index (χ1v) is 3.16. The van der Waals surface area contributed by atoms with Crippen LogP contribution < -0.4 is 5.73 Å². The smallest absolute Gasteiger partial charge is 0.320 e. The minimum absolute atomic E-state index is 0.201. The summed E-state index contributed by atoms with van der Waals surface area (Å²) in [5.74, 6) is -1.07. The summed E-state index contributed by atoms with van der Waals surface area (Å²) >= 11 is 0. The van der Waals surface area contributed by atoms with E-state index in [1.165, 1.54) is 6.92 Å². The van der Waals surface area contributed by atoms with E-state index in [0.717, 1.165) is 0 Å². The van der Waals surface area contributed by atoms with Gasteiger partial charge in [-0.3, -0.25) is 4.79 Å². The maximum absolute atomic E-state index is 12.1. The largest absolute Gasteiger partial charge is 0.480 e. The molecule has 0 radical (unpaired) electrons. The Morgan fingerprint density at radius 2 is 2.20 bits per heavy atom. The summed E-state index contributed by atoms with van der Waals surface area (Å²) < 4.78 is 12.1. The van der Waals surface area contributed by atoms with Gasteiger partial charge in [-0.05, 0) is 19.8 Å². The van der Waals surface area contributed by atoms with Crippen LogP contribution >= 0.6 is 0 Å². The van der Waals surface area contributed by atoms with Gasteiger partial charge in [0.2, 0.25) is 0 Å². The van der Waals surface area contributed by atoms with Crippen LogP contribution in [0.3, 0.4) is 0 Å². The highest BCUT2D eigenvalue weighted by atomic mass is 19.1. The van der Waals surface area contributed by atoms with Crippen LogP contribution in [-0.4, -0.2) is 23.3 Å². The van der Waals surface area contributed by atoms with E-state index < -0.39 is 18.2 Å². The average molecular weight is 149 g/mol. The van der Waals surface area contributed by atoms with E-state index in [1.54, 1.807) is 0 Å². The number of nitrogens with two attached hydrogens (primary N) is 1. The van der Waals surface area contributed by atoms with Gasteiger partial charge in [0.25, 0.3) is 0 Å². The Morgan fingerprint density at radius 1 is 1.70 bits per heavy atom. The molecule has 2 atom stereocenters. The predicted octanol–water partition coefficient (Wildman–Crippen LogP) is 0.536. The first-order chi connectivity index (χ1) is 4.54. The molecule has 0 saturated heterocycles. The molecular formula is C6H12FNO2. The molecule has 10 heavy (non-hydrogen) atoms. The van der Waals surface area contributed by atoms with Crippen LogP contribution in [0.5, 0.6) is 0 Å². The molecule has 3 nitrogen and oxygen atoms in total. The highest BCUT2D eigenvalue weighted by Crippen LogP contribution is 2.02. The SMILES string of the molecule is CC(F)CC[C@H](N)C(=O)O. The predicted molar refractivity (Wildman–Crippen MR) is 35.4 cm³/mol. The molecule has 1 unspecified atom stereocenters. The second kappa shape index (κ2) is 4.22. The van der Waals surface area contributed by atoms with E-state index >= 15 is 0 Å². The third-order valence-electron chi connectivity index (χ3n) is 1.19. The molecule has 3 N–H and O–H groups in total. The van der Waals surface area contributed by atoms with Crippen molar-refractivity contribution in [3.05, 3.63) is 0 Å². The van der Waals surface area contributed by atoms with E-state index in [-0.39, 0.29) is 12.8 Å². The van der Waals surface area contributed by atoms with Crippen molar-refractivity contribution in [3.63, 3.8) is 0 Å². The Kier molecular flexibility index (Phi) is 3.95. The lowest BCUT2D eigenvalue weighted by atomic mass is 10.1. The van der Waals surface area contributed by atoms with Gasteiger partial charge in [0.05, 0.1) is 6.17 Å². The molecule has 0 spiro atoms. The summed E-state index contributed by atoms with van der Waals surface area (Å²) in [4.78, 5) is 10.1. The number of rotatable bonds is 4. The number of alkyl halides is 1. The van der Waals surface area contributed by atoms with E-state index in [2.05, 4.69) is 0 Å². The number of hydrogen-bond acceptors (Lipinski definition) is 2. The maximum atomic E-state index is 12.1. The standard InChI is InChI=1S/C6H12FNO2/c1-4(7)2-3-5(8)6(9)10/h4-5H,2-3,8H2,1H3,(H,9,10)/t4?,5-/m0/s1. The fraction of sp³-hybridized carbons (Fsp3) is 0.833. The van der Waals surface area contributed by atoms with Gasteiger partial charge in [0.15, 0.2) is 0 Å². The first kappa shape index (κ1) is 9.36. The van der Waals surface area contributed by atoms with Crippen molar-refractivity contribution in [1.82, 2.24) is 0 Å². The van der Waals surface area contributed by atoms with Crippen LogP contribution in [0.25, 0.3) is 0 Å². The van der Waals surface area contributed by atoms with Crippen molar-refractivity contribution < 1.29 is 14.3 Å². The molecule has 4 heteroatoms. The molecule has 0 fully saturated rings. The number of carbonyl (C=O) groups is 1. The Labute approximate surface area is 59.0 Å². The number of hydrogen-bond donors (Lipinski definition) is 2. The van der Waals surface area contributed by atoms with Gasteiger partial charge in [-0.25, -0.2) is 4.39 Å². The molecule has 0 aliphatic heterocycles. The van der Waals surface area contributed by atoms with Crippen LogP contribution in [0, 0.1) is 0 Å². The Bertz CT molecular complexity index is 116. The van der Waals surface area contributed by atoms with Crippen LogP contribution in [0.1, 0.15) is 19.8 Å². The molecule has 0 saturated carbocycles. The van der Waals surface area contributed by atoms with E-state index in [4.69, 9.17) is 10.8 Å². The monoisotopic (exact) mass is 149 g/mol. The zero-order valence-electron chi connectivity index (χ0n) is 5.88. The van der Waals surface area contributed by atoms with Gasteiger partial charge in [0.1, 0.15) is 6.04 Å². The van der Waals surface area contributed by atoms with Crippen molar-refractivity contribution in [3.8, 4) is 0 Å². The minimum atomic E-state index is -1.07. The van der Waals surface area contributed by atoms with Crippen LogP contribution in [0.15, 0.2) is 0 Å². The van der Waals surface area contributed by atoms with Crippen LogP contribution in [0.2, 0.25) is 0 Å². The first-order valence-electron chi connectivity index (χ1n) is 3.16. The van der Waals surface area contributed by atoms with Gasteiger partial charge in [-0.1, -0.05) is 0 Å². The van der Waals surface area contributed by atoms with Gasteiger partial charge in [-0.2, -0.15) is 0 Å². The molecule has 0 rings (SSSR count). The Morgan fingerprint density at radius 3 is 2.50 bits per heavy atom. The van der Waals surface area contributed by atoms with Gasteiger partial charge in [0, 0.05) is 0 Å². The molecule has 0 bridgehead atoms. The molecule has 0 aromatic rings. The quantitative estimate of drug-likeness (QED) is 0.613. The fourth-order valence-corrected chi connectivity index (χ4v) is 0.533. The Balaban J connectivity index is 3.40. The summed E-state index contributed by atoms with van der Waals surface area (Å²) in [6.07, 6.45) is -0.550. The second-order valence-electron chi connectivity index (χ2n) is 2.30. The summed E-state index contributed by atoms with van der Waals surface area (Å²) in [5, 5.41) is 8.25. The highest BCUT2D eigenvalue weighted by Gasteiger charge is 2.11. The highest BCUT2D eigenvalue weighted by molar-refractivity contribution is 5.72. The third kappa shape index (κ3) is 4.26. The van der Waals surface area contributed by atoms with E-state index in [0.29, 0.717) is 0 Å². The molecule has 0 aliphatic rings. The molecular weight excluding hydrogens is 137 g/mol. The van der Waals surface area contributed by atoms with E-state index in [9.17, 15) is 9.18 Å². The third-order valence-corrected chi connectivity index (χ3v) is 1.19. The van der Waals surface area contributed by atoms with Crippen molar-refractivity contribution in [1.29, 1.82) is 0 Å². The van der Waals surface area contributed by atoms with Crippen LogP contribution in [-0.2, 0) is 4.79 Å². The minimum Gasteiger partial charge on any atom is -0.480 e. The van der Waals surface area contributed by atoms with Crippen molar-refractivity contribution in [2.24, 2.45) is 5.73 Å². The average Bonchev–Trinajstić information content (AvgIpc) is 1.82. The lowest BCUT2D eigenvalue weighted by molar-refractivity contribution is -0.138. The second-order valence-corrected chi connectivity index (χ2v) is 2.30. The molecule has 0 aromatic heterocycles. The maximum Gasteiger partial charge on any atom is 0.320 e. The number of aliphatic carboxylic acids is 1.